The fourth-order valence-electron chi connectivity index (χ4n) is 8.01. The van der Waals surface area contributed by atoms with Gasteiger partial charge in [0.2, 0.25) is 21.8 Å². The van der Waals surface area contributed by atoms with Crippen molar-refractivity contribution in [1.29, 1.82) is 0 Å². The van der Waals surface area contributed by atoms with Crippen LogP contribution < -0.4 is 14.4 Å². The lowest BCUT2D eigenvalue weighted by atomic mass is 9.48. The number of hydrogen-bond donors (Lipinski definition) is 1. The SMILES string of the molecule is COc1cccc(CN(C(=O)CN(c2ccc(C34CC5CC(CC(C5)C3)C4)cc2)S(C)(=O)=O)[C@@H](C)C(=O)NC(C)C)c1. The van der Waals surface area contributed by atoms with Crippen LogP contribution in [0.1, 0.15) is 70.4 Å². The molecule has 4 bridgehead atoms. The minimum Gasteiger partial charge on any atom is -0.497 e. The maximum Gasteiger partial charge on any atom is 0.244 e. The molecule has 0 aromatic heterocycles. The molecule has 0 spiro atoms. The zero-order valence-corrected chi connectivity index (χ0v) is 26.3. The van der Waals surface area contributed by atoms with Crippen LogP contribution in [0.15, 0.2) is 48.5 Å². The van der Waals surface area contributed by atoms with Crippen LogP contribution in [0.4, 0.5) is 5.69 Å². The van der Waals surface area contributed by atoms with Gasteiger partial charge >= 0.3 is 0 Å². The van der Waals surface area contributed by atoms with Crippen LogP contribution in [-0.4, -0.2) is 57.1 Å². The lowest BCUT2D eigenvalue weighted by molar-refractivity contribution is -0.139. The van der Waals surface area contributed by atoms with E-state index in [4.69, 9.17) is 4.74 Å². The molecule has 42 heavy (non-hydrogen) atoms. The molecular formula is C33H45N3O5S. The number of nitrogens with zero attached hydrogens (tertiary/aromatic N) is 2. The van der Waals surface area contributed by atoms with Crippen molar-refractivity contribution >= 4 is 27.5 Å². The summed E-state index contributed by atoms with van der Waals surface area (Å²) in [6, 6.07) is 14.2. The van der Waals surface area contributed by atoms with Crippen molar-refractivity contribution in [2.24, 2.45) is 17.8 Å². The van der Waals surface area contributed by atoms with Gasteiger partial charge in [-0.1, -0.05) is 24.3 Å². The summed E-state index contributed by atoms with van der Waals surface area (Å²) in [5.41, 5.74) is 2.73. The lowest BCUT2D eigenvalue weighted by Gasteiger charge is -2.57. The number of amides is 2. The number of ether oxygens (including phenoxy) is 1. The Morgan fingerprint density at radius 1 is 0.976 bits per heavy atom. The van der Waals surface area contributed by atoms with Crippen molar-refractivity contribution in [3.05, 3.63) is 59.7 Å². The number of rotatable bonds is 11. The number of benzene rings is 2. The van der Waals surface area contributed by atoms with Gasteiger partial charge in [-0.15, -0.1) is 0 Å². The van der Waals surface area contributed by atoms with Crippen LogP contribution >= 0.6 is 0 Å². The normalized spacial score (nSPS) is 25.2. The highest BCUT2D eigenvalue weighted by Crippen LogP contribution is 2.60. The van der Waals surface area contributed by atoms with Gasteiger partial charge in [0.05, 0.1) is 19.1 Å². The van der Waals surface area contributed by atoms with E-state index in [0.717, 1.165) is 33.9 Å². The van der Waals surface area contributed by atoms with Crippen molar-refractivity contribution in [2.75, 3.05) is 24.2 Å². The Morgan fingerprint density at radius 3 is 2.10 bits per heavy atom. The predicted octanol–water partition coefficient (Wildman–Crippen LogP) is 4.87. The molecule has 0 heterocycles. The maximum atomic E-state index is 13.9. The smallest absolute Gasteiger partial charge is 0.244 e. The van der Waals surface area contributed by atoms with Crippen LogP contribution in [0, 0.1) is 17.8 Å². The maximum absolute atomic E-state index is 13.9. The van der Waals surface area contributed by atoms with Crippen LogP contribution in [-0.2, 0) is 31.6 Å². The van der Waals surface area contributed by atoms with E-state index < -0.39 is 28.5 Å². The Bertz CT molecular complexity index is 1370. The van der Waals surface area contributed by atoms with Crippen LogP contribution in [0.25, 0.3) is 0 Å². The average Bonchev–Trinajstić information content (AvgIpc) is 2.92. The molecule has 4 fully saturated rings. The van der Waals surface area contributed by atoms with Crippen molar-refractivity contribution in [1.82, 2.24) is 10.2 Å². The molecule has 2 aromatic rings. The number of nitrogens with one attached hydrogen (secondary N) is 1. The number of carbonyl (C=O) groups is 2. The van der Waals surface area contributed by atoms with Gasteiger partial charge in [0.1, 0.15) is 18.3 Å². The molecule has 2 amide bonds. The summed E-state index contributed by atoms with van der Waals surface area (Å²) in [6.45, 7) is 5.11. The first-order chi connectivity index (χ1) is 19.9. The van der Waals surface area contributed by atoms with E-state index >= 15 is 0 Å². The fraction of sp³-hybridized carbons (Fsp3) is 0.576. The average molecular weight is 596 g/mol. The summed E-state index contributed by atoms with van der Waals surface area (Å²) < 4.78 is 32.6. The van der Waals surface area contributed by atoms with Crippen LogP contribution in [0.3, 0.4) is 0 Å². The standard InChI is InChI=1S/C33H45N3O5S/c1-22(2)34-32(38)23(3)35(20-24-7-6-8-30(16-24)41-4)31(37)21-36(42(5,39)40)29-11-9-28(10-12-29)33-17-25-13-26(18-33)15-27(14-25)19-33/h6-12,16,22-23,25-27H,13-15,17-21H2,1-5H3,(H,34,38)/t23-,25?,26?,27?,33?/m0/s1. The van der Waals surface area contributed by atoms with Crippen molar-refractivity contribution in [2.45, 2.75) is 83.3 Å². The number of methoxy groups -OCH3 is 1. The molecule has 0 aliphatic heterocycles. The number of hydrogen-bond acceptors (Lipinski definition) is 5. The van der Waals surface area contributed by atoms with E-state index in [1.54, 1.807) is 14.0 Å². The molecular weight excluding hydrogens is 550 g/mol. The predicted molar refractivity (Wildman–Crippen MR) is 165 cm³/mol. The monoisotopic (exact) mass is 595 g/mol. The van der Waals surface area contributed by atoms with Gasteiger partial charge in [-0.2, -0.15) is 0 Å². The molecule has 8 nitrogen and oxygen atoms in total. The summed E-state index contributed by atoms with van der Waals surface area (Å²) in [5.74, 6) is 2.31. The van der Waals surface area contributed by atoms with Gasteiger partial charge in [-0.25, -0.2) is 8.42 Å². The lowest BCUT2D eigenvalue weighted by Crippen LogP contribution is -2.52. The fourth-order valence-corrected chi connectivity index (χ4v) is 8.86. The summed E-state index contributed by atoms with van der Waals surface area (Å²) in [6.07, 6.45) is 8.88. The highest BCUT2D eigenvalue weighted by Gasteiger charge is 2.51. The van der Waals surface area contributed by atoms with E-state index in [9.17, 15) is 18.0 Å². The quantitative estimate of drug-likeness (QED) is 0.400. The molecule has 4 aliphatic rings. The van der Waals surface area contributed by atoms with Gasteiger partial charge < -0.3 is 15.0 Å². The van der Waals surface area contributed by atoms with Crippen molar-refractivity contribution in [3.63, 3.8) is 0 Å². The Labute approximate surface area is 250 Å². The van der Waals surface area contributed by atoms with Gasteiger partial charge in [0.15, 0.2) is 0 Å². The first-order valence-corrected chi connectivity index (χ1v) is 17.0. The van der Waals surface area contributed by atoms with E-state index in [0.29, 0.717) is 11.4 Å². The number of anilines is 1. The van der Waals surface area contributed by atoms with E-state index in [-0.39, 0.29) is 23.9 Å². The van der Waals surface area contributed by atoms with Crippen molar-refractivity contribution < 1.29 is 22.7 Å². The first-order valence-electron chi connectivity index (χ1n) is 15.2. The highest BCUT2D eigenvalue weighted by atomic mass is 32.2. The first kappa shape index (κ1) is 30.4. The second-order valence-corrected chi connectivity index (χ2v) is 15.1. The highest BCUT2D eigenvalue weighted by molar-refractivity contribution is 7.92. The topological polar surface area (TPSA) is 96.0 Å². The molecule has 0 unspecified atom stereocenters. The molecule has 4 saturated carbocycles. The van der Waals surface area contributed by atoms with Gasteiger partial charge in [-0.3, -0.25) is 13.9 Å². The molecule has 228 valence electrons. The molecule has 6 rings (SSSR count). The third kappa shape index (κ3) is 6.46. The van der Waals surface area contributed by atoms with Crippen LogP contribution in [0.2, 0.25) is 0 Å². The minimum absolute atomic E-state index is 0.103. The van der Waals surface area contributed by atoms with E-state index in [2.05, 4.69) is 17.4 Å². The van der Waals surface area contributed by atoms with Gasteiger partial charge in [-0.05, 0) is 118 Å². The summed E-state index contributed by atoms with van der Waals surface area (Å²) >= 11 is 0. The minimum atomic E-state index is -3.79. The van der Waals surface area contributed by atoms with Gasteiger partial charge in [0, 0.05) is 12.6 Å². The van der Waals surface area contributed by atoms with Crippen LogP contribution in [0.5, 0.6) is 5.75 Å². The zero-order chi connectivity index (χ0) is 30.2. The largest absolute Gasteiger partial charge is 0.497 e. The Hall–Kier alpha value is -3.07. The second-order valence-electron chi connectivity index (χ2n) is 13.2. The molecule has 0 radical (unpaired) electrons. The summed E-state index contributed by atoms with van der Waals surface area (Å²) in [5, 5.41) is 2.87. The summed E-state index contributed by atoms with van der Waals surface area (Å²) in [7, 11) is -2.22. The Morgan fingerprint density at radius 2 is 1.57 bits per heavy atom. The number of sulfonamides is 1. The molecule has 4 aliphatic carbocycles. The van der Waals surface area contributed by atoms with E-state index in [1.807, 2.05) is 50.2 Å². The van der Waals surface area contributed by atoms with E-state index in [1.165, 1.54) is 49.0 Å². The molecule has 0 saturated heterocycles. The zero-order valence-electron chi connectivity index (χ0n) is 25.5. The second kappa shape index (κ2) is 11.9. The Balaban J connectivity index is 1.39. The molecule has 1 N–H and O–H groups in total. The molecule has 9 heteroatoms. The number of carbonyl (C=O) groups excluding carboxylic acids is 2. The third-order valence-electron chi connectivity index (χ3n) is 9.57. The van der Waals surface area contributed by atoms with Crippen molar-refractivity contribution in [3.8, 4) is 5.75 Å². The summed E-state index contributed by atoms with van der Waals surface area (Å²) in [4.78, 5) is 28.3. The Kier molecular flexibility index (Phi) is 8.61. The van der Waals surface area contributed by atoms with Gasteiger partial charge in [0.25, 0.3) is 0 Å². The third-order valence-corrected chi connectivity index (χ3v) is 10.7. The molecule has 2 aromatic carbocycles. The molecule has 1 atom stereocenters.